The van der Waals surface area contributed by atoms with Gasteiger partial charge in [0.05, 0.1) is 0 Å². The van der Waals surface area contributed by atoms with E-state index in [1.54, 1.807) is 24.3 Å². The summed E-state index contributed by atoms with van der Waals surface area (Å²) in [5, 5.41) is 43.2. The Balaban J connectivity index is 1.06. The van der Waals surface area contributed by atoms with Crippen LogP contribution in [0.15, 0.2) is 121 Å². The van der Waals surface area contributed by atoms with Crippen LogP contribution < -0.4 is 22.9 Å². The van der Waals surface area contributed by atoms with Gasteiger partial charge in [0, 0.05) is 101 Å². The fourth-order valence-corrected chi connectivity index (χ4v) is 8.38. The molecule has 0 saturated carbocycles. The molecule has 12 N–H and O–H groups in total. The van der Waals surface area contributed by atoms with E-state index in [1.165, 1.54) is 0 Å². The Morgan fingerprint density at radius 3 is 0.794 bits per heavy atom. The molecule has 68 heavy (non-hydrogen) atoms. The zero-order valence-corrected chi connectivity index (χ0v) is 40.9. The van der Waals surface area contributed by atoms with Gasteiger partial charge in [0.1, 0.15) is 23.0 Å². The van der Waals surface area contributed by atoms with E-state index in [4.69, 9.17) is 22.9 Å². The van der Waals surface area contributed by atoms with E-state index in [1.807, 2.05) is 36.4 Å². The molecule has 6 rings (SSSR count). The molecule has 0 atom stereocenters. The third kappa shape index (κ3) is 14.1. The van der Waals surface area contributed by atoms with Gasteiger partial charge in [-0.3, -0.25) is 19.6 Å². The maximum atomic E-state index is 11.0. The standard InChI is InChI=1S/C56H74N8O4/c1-55(2,3)49-17-21-53(67)47(25-49)33-63(37-59)29-41-11-7-39(8-12-41)27-61(35-57)31-45-23-43(15-19-51(45)65)44-16-20-52(66)46(24-44)32-62(36-58)28-40-9-13-42(14-10-40)30-64(38-60)34-48-26-50(56(4,5)6)18-22-54(48)68/h7-26,65-68H,27-38,57-60H2,1-6H3. The first-order valence-corrected chi connectivity index (χ1v) is 23.5. The van der Waals surface area contributed by atoms with Crippen LogP contribution in [0.1, 0.15) is 97.2 Å². The first-order valence-electron chi connectivity index (χ1n) is 23.5. The Hall–Kier alpha value is -5.80. The van der Waals surface area contributed by atoms with Gasteiger partial charge in [-0.05, 0) is 91.7 Å². The number of hydrogen-bond donors (Lipinski definition) is 8. The number of rotatable bonds is 21. The van der Waals surface area contributed by atoms with Gasteiger partial charge in [-0.2, -0.15) is 0 Å². The predicted molar refractivity (Wildman–Crippen MR) is 275 cm³/mol. The predicted octanol–water partition coefficient (Wildman–Crippen LogP) is 8.44. The summed E-state index contributed by atoms with van der Waals surface area (Å²) in [5.41, 5.74) is 36.6. The Kier molecular flexibility index (Phi) is 17.4. The quantitative estimate of drug-likeness (QED) is 0.0321. The summed E-state index contributed by atoms with van der Waals surface area (Å²) in [5.74, 6) is 0.910. The van der Waals surface area contributed by atoms with Crippen LogP contribution in [0.3, 0.4) is 0 Å². The van der Waals surface area contributed by atoms with Gasteiger partial charge in [0.15, 0.2) is 0 Å². The summed E-state index contributed by atoms with van der Waals surface area (Å²) in [6, 6.07) is 39.5. The second-order valence-electron chi connectivity index (χ2n) is 20.2. The van der Waals surface area contributed by atoms with Crippen molar-refractivity contribution in [2.45, 2.75) is 105 Å². The van der Waals surface area contributed by atoms with Crippen LogP contribution in [0, 0.1) is 0 Å². The summed E-state index contributed by atoms with van der Waals surface area (Å²) >= 11 is 0. The molecule has 0 fully saturated rings. The fourth-order valence-electron chi connectivity index (χ4n) is 8.38. The van der Waals surface area contributed by atoms with E-state index >= 15 is 0 Å². The van der Waals surface area contributed by atoms with Crippen molar-refractivity contribution in [3.05, 3.63) is 177 Å². The third-order valence-corrected chi connectivity index (χ3v) is 12.7. The van der Waals surface area contributed by atoms with Crippen LogP contribution in [0.4, 0.5) is 0 Å². The molecule has 0 bridgehead atoms. The van der Waals surface area contributed by atoms with Gasteiger partial charge < -0.3 is 43.4 Å². The summed E-state index contributed by atoms with van der Waals surface area (Å²) in [4.78, 5) is 8.36. The van der Waals surface area contributed by atoms with Crippen molar-refractivity contribution in [2.75, 3.05) is 26.7 Å². The van der Waals surface area contributed by atoms with E-state index in [-0.39, 0.29) is 47.2 Å². The van der Waals surface area contributed by atoms with Crippen LogP contribution in [-0.2, 0) is 63.2 Å². The molecule has 12 heteroatoms. The SMILES string of the molecule is CC(C)(C)c1ccc(O)c(CN(CN)Cc2ccc(CN(CN)Cc3cc(-c4ccc(O)c(CN(CN)Cc5ccc(CN(CN)Cc6cc(C(C)(C)C)ccc6O)cc5)c4)ccc3O)cc2)c1. The molecule has 0 unspecified atom stereocenters. The second-order valence-corrected chi connectivity index (χ2v) is 20.2. The van der Waals surface area contributed by atoms with Gasteiger partial charge in [0.25, 0.3) is 0 Å². The molecule has 0 amide bonds. The minimum absolute atomic E-state index is 0.0295. The van der Waals surface area contributed by atoms with Crippen molar-refractivity contribution in [1.82, 2.24) is 19.6 Å². The maximum Gasteiger partial charge on any atom is 0.120 e. The van der Waals surface area contributed by atoms with Crippen molar-refractivity contribution >= 4 is 0 Å². The number of phenolic OH excluding ortho intramolecular Hbond substituents is 4. The number of nitrogens with two attached hydrogens (primary N) is 4. The van der Waals surface area contributed by atoms with Crippen molar-refractivity contribution in [2.24, 2.45) is 22.9 Å². The zero-order chi connectivity index (χ0) is 49.2. The lowest BCUT2D eigenvalue weighted by Crippen LogP contribution is -2.30. The molecule has 0 heterocycles. The van der Waals surface area contributed by atoms with E-state index in [0.717, 1.165) is 66.8 Å². The van der Waals surface area contributed by atoms with Gasteiger partial charge in [-0.15, -0.1) is 0 Å². The number of aromatic hydroxyl groups is 4. The highest BCUT2D eigenvalue weighted by molar-refractivity contribution is 5.67. The minimum Gasteiger partial charge on any atom is -0.508 e. The number of phenols is 4. The van der Waals surface area contributed by atoms with Gasteiger partial charge >= 0.3 is 0 Å². The van der Waals surface area contributed by atoms with E-state index in [0.29, 0.717) is 65.7 Å². The molecule has 0 radical (unpaired) electrons. The summed E-state index contributed by atoms with van der Waals surface area (Å²) < 4.78 is 0. The minimum atomic E-state index is -0.0295. The molecule has 362 valence electrons. The molecular weight excluding hydrogens is 849 g/mol. The van der Waals surface area contributed by atoms with Crippen LogP contribution in [-0.4, -0.2) is 66.7 Å². The first kappa shape index (κ1) is 51.6. The molecule has 12 nitrogen and oxygen atoms in total. The van der Waals surface area contributed by atoms with Crippen molar-refractivity contribution in [3.8, 4) is 34.1 Å². The largest absolute Gasteiger partial charge is 0.508 e. The first-order chi connectivity index (χ1) is 32.3. The van der Waals surface area contributed by atoms with E-state index < -0.39 is 0 Å². The normalized spacial score (nSPS) is 12.3. The maximum absolute atomic E-state index is 11.0. The molecule has 0 aliphatic carbocycles. The Morgan fingerprint density at radius 2 is 0.559 bits per heavy atom. The van der Waals surface area contributed by atoms with E-state index in [2.05, 4.69) is 122 Å². The van der Waals surface area contributed by atoms with Crippen molar-refractivity contribution in [1.29, 1.82) is 0 Å². The van der Waals surface area contributed by atoms with Gasteiger partial charge in [-0.25, -0.2) is 0 Å². The monoisotopic (exact) mass is 923 g/mol. The van der Waals surface area contributed by atoms with Crippen LogP contribution in [0.2, 0.25) is 0 Å². The Labute approximate surface area is 404 Å². The second kappa shape index (κ2) is 23.0. The number of hydrogen-bond acceptors (Lipinski definition) is 12. The van der Waals surface area contributed by atoms with Crippen LogP contribution in [0.5, 0.6) is 23.0 Å². The molecule has 0 spiro atoms. The number of benzene rings is 6. The van der Waals surface area contributed by atoms with Crippen molar-refractivity contribution < 1.29 is 20.4 Å². The summed E-state index contributed by atoms with van der Waals surface area (Å²) in [7, 11) is 0. The lowest BCUT2D eigenvalue weighted by atomic mass is 9.86. The van der Waals surface area contributed by atoms with Crippen LogP contribution in [0.25, 0.3) is 11.1 Å². The number of nitrogens with zero attached hydrogens (tertiary/aromatic N) is 4. The third-order valence-electron chi connectivity index (χ3n) is 12.7. The zero-order valence-electron chi connectivity index (χ0n) is 40.9. The lowest BCUT2D eigenvalue weighted by Gasteiger charge is -2.24. The summed E-state index contributed by atoms with van der Waals surface area (Å²) in [6.07, 6.45) is 0. The molecule has 0 aliphatic heterocycles. The molecule has 6 aromatic carbocycles. The highest BCUT2D eigenvalue weighted by atomic mass is 16.3. The molecule has 0 aromatic heterocycles. The highest BCUT2D eigenvalue weighted by Gasteiger charge is 2.20. The van der Waals surface area contributed by atoms with Crippen LogP contribution >= 0.6 is 0 Å². The fraction of sp³-hybridized carbons (Fsp3) is 0.357. The van der Waals surface area contributed by atoms with E-state index in [9.17, 15) is 20.4 Å². The molecule has 0 saturated heterocycles. The Bertz CT molecular complexity index is 2390. The van der Waals surface area contributed by atoms with Gasteiger partial charge in [0.2, 0.25) is 0 Å². The average molecular weight is 923 g/mol. The molecular formula is C56H74N8O4. The average Bonchev–Trinajstić information content (AvgIpc) is 3.31. The van der Waals surface area contributed by atoms with Gasteiger partial charge in [-0.1, -0.05) is 126 Å². The van der Waals surface area contributed by atoms with Crippen molar-refractivity contribution in [3.63, 3.8) is 0 Å². The smallest absolute Gasteiger partial charge is 0.120 e. The Morgan fingerprint density at radius 1 is 0.324 bits per heavy atom. The lowest BCUT2D eigenvalue weighted by molar-refractivity contribution is 0.258. The topological polar surface area (TPSA) is 198 Å². The highest BCUT2D eigenvalue weighted by Crippen LogP contribution is 2.33. The molecule has 6 aromatic rings. The summed E-state index contributed by atoms with van der Waals surface area (Å²) in [6.45, 7) is 18.6. The molecule has 0 aliphatic rings.